The second kappa shape index (κ2) is 7.47. The van der Waals surface area contributed by atoms with Gasteiger partial charge in [0.25, 0.3) is 0 Å². The summed E-state index contributed by atoms with van der Waals surface area (Å²) < 4.78 is 18.3. The Kier molecular flexibility index (Phi) is 5.96. The van der Waals surface area contributed by atoms with Crippen molar-refractivity contribution in [1.29, 1.82) is 0 Å². The predicted octanol–water partition coefficient (Wildman–Crippen LogP) is 2.53. The van der Waals surface area contributed by atoms with Crippen LogP contribution >= 0.6 is 0 Å². The number of anilines is 1. The Hall–Kier alpha value is -2.11. The zero-order chi connectivity index (χ0) is 15.1. The van der Waals surface area contributed by atoms with Crippen molar-refractivity contribution in [2.75, 3.05) is 11.9 Å². The first-order chi connectivity index (χ1) is 9.40. The van der Waals surface area contributed by atoms with Crippen LogP contribution in [0.25, 0.3) is 0 Å². The Bertz CT molecular complexity index is 477. The first kappa shape index (κ1) is 15.9. The fourth-order valence-corrected chi connectivity index (χ4v) is 1.33. The Balaban J connectivity index is 2.47. The number of amides is 2. The van der Waals surface area contributed by atoms with Crippen LogP contribution in [0.15, 0.2) is 24.3 Å². The molecule has 0 aromatic heterocycles. The number of para-hydroxylation sites is 1. The lowest BCUT2D eigenvalue weighted by molar-refractivity contribution is -0.117. The van der Waals surface area contributed by atoms with Gasteiger partial charge in [0.1, 0.15) is 11.9 Å². The summed E-state index contributed by atoms with van der Waals surface area (Å²) in [5.74, 6) is -0.838. The van der Waals surface area contributed by atoms with Gasteiger partial charge in [-0.3, -0.25) is 4.79 Å². The highest BCUT2D eigenvalue weighted by Crippen LogP contribution is 2.12. The van der Waals surface area contributed by atoms with Gasteiger partial charge in [0.15, 0.2) is 0 Å². The van der Waals surface area contributed by atoms with Crippen LogP contribution in [0.3, 0.4) is 0 Å². The molecule has 1 atom stereocenters. The zero-order valence-corrected chi connectivity index (χ0v) is 11.8. The van der Waals surface area contributed by atoms with Gasteiger partial charge in [-0.05, 0) is 25.0 Å². The van der Waals surface area contributed by atoms with Gasteiger partial charge in [0.05, 0.1) is 12.3 Å². The van der Waals surface area contributed by atoms with Crippen LogP contribution < -0.4 is 10.6 Å². The van der Waals surface area contributed by atoms with Crippen LogP contribution in [0.1, 0.15) is 20.8 Å². The molecular weight excluding hydrogens is 263 g/mol. The highest BCUT2D eigenvalue weighted by atomic mass is 19.1. The summed E-state index contributed by atoms with van der Waals surface area (Å²) in [7, 11) is 0. The molecule has 20 heavy (non-hydrogen) atoms. The molecule has 2 N–H and O–H groups in total. The number of benzene rings is 1. The third kappa shape index (κ3) is 5.26. The van der Waals surface area contributed by atoms with E-state index in [1.165, 1.54) is 25.1 Å². The van der Waals surface area contributed by atoms with E-state index in [-0.39, 0.29) is 18.2 Å². The van der Waals surface area contributed by atoms with Crippen LogP contribution in [0.2, 0.25) is 0 Å². The van der Waals surface area contributed by atoms with E-state index in [2.05, 4.69) is 10.6 Å². The van der Waals surface area contributed by atoms with E-state index in [0.717, 1.165) is 0 Å². The molecule has 0 fully saturated rings. The Morgan fingerprint density at radius 2 is 1.90 bits per heavy atom. The molecule has 0 bridgehead atoms. The van der Waals surface area contributed by atoms with Crippen LogP contribution in [0, 0.1) is 11.7 Å². The maximum atomic E-state index is 13.4. The molecule has 0 saturated carbocycles. The molecule has 5 nitrogen and oxygen atoms in total. The molecule has 6 heteroatoms. The van der Waals surface area contributed by atoms with Crippen molar-refractivity contribution < 1.29 is 18.7 Å². The van der Waals surface area contributed by atoms with E-state index in [4.69, 9.17) is 4.74 Å². The number of hydrogen-bond donors (Lipinski definition) is 2. The van der Waals surface area contributed by atoms with Crippen LogP contribution in [0.5, 0.6) is 0 Å². The minimum absolute atomic E-state index is 0.0710. The lowest BCUT2D eigenvalue weighted by Crippen LogP contribution is -2.42. The number of carbonyl (C=O) groups excluding carboxylic acids is 2. The topological polar surface area (TPSA) is 67.4 Å². The van der Waals surface area contributed by atoms with Crippen LogP contribution in [0.4, 0.5) is 14.9 Å². The molecule has 110 valence electrons. The predicted molar refractivity (Wildman–Crippen MR) is 73.8 cm³/mol. The third-order valence-electron chi connectivity index (χ3n) is 2.41. The highest BCUT2D eigenvalue weighted by molar-refractivity contribution is 5.96. The molecule has 0 aliphatic heterocycles. The monoisotopic (exact) mass is 282 g/mol. The molecule has 0 heterocycles. The second-order valence-corrected chi connectivity index (χ2v) is 4.83. The van der Waals surface area contributed by atoms with Gasteiger partial charge in [0.2, 0.25) is 5.91 Å². The fraction of sp³-hybridized carbons (Fsp3) is 0.429. The van der Waals surface area contributed by atoms with Gasteiger partial charge in [-0.25, -0.2) is 9.18 Å². The van der Waals surface area contributed by atoms with Crippen molar-refractivity contribution in [2.45, 2.75) is 26.8 Å². The normalized spacial score (nSPS) is 11.8. The molecule has 1 rings (SSSR count). The van der Waals surface area contributed by atoms with E-state index in [9.17, 15) is 14.0 Å². The maximum Gasteiger partial charge on any atom is 0.407 e. The lowest BCUT2D eigenvalue weighted by Gasteiger charge is -2.15. The maximum absolute atomic E-state index is 13.4. The van der Waals surface area contributed by atoms with Crippen molar-refractivity contribution in [3.8, 4) is 0 Å². The van der Waals surface area contributed by atoms with Crippen LogP contribution in [-0.2, 0) is 9.53 Å². The first-order valence-electron chi connectivity index (χ1n) is 6.39. The second-order valence-electron chi connectivity index (χ2n) is 4.83. The van der Waals surface area contributed by atoms with Crippen molar-refractivity contribution in [1.82, 2.24) is 5.32 Å². The quantitative estimate of drug-likeness (QED) is 0.872. The molecule has 0 spiro atoms. The average Bonchev–Trinajstić information content (AvgIpc) is 2.39. The summed E-state index contributed by atoms with van der Waals surface area (Å²) in [4.78, 5) is 23.2. The molecule has 1 aromatic carbocycles. The van der Waals surface area contributed by atoms with Crippen molar-refractivity contribution >= 4 is 17.7 Å². The van der Waals surface area contributed by atoms with E-state index in [0.29, 0.717) is 0 Å². The standard InChI is InChI=1S/C14H19FN2O3/c1-9(2)8-20-14(19)16-10(3)13(18)17-12-7-5-4-6-11(12)15/h4-7,9-10H,8H2,1-3H3,(H,16,19)(H,17,18)/t10-/m0/s1. The van der Waals surface area contributed by atoms with Gasteiger partial charge >= 0.3 is 6.09 Å². The molecule has 0 radical (unpaired) electrons. The summed E-state index contributed by atoms with van der Waals surface area (Å²) in [5.41, 5.74) is 0.0710. The Labute approximate surface area is 117 Å². The summed E-state index contributed by atoms with van der Waals surface area (Å²) >= 11 is 0. The number of alkyl carbamates (subject to hydrolysis) is 1. The smallest absolute Gasteiger partial charge is 0.407 e. The zero-order valence-electron chi connectivity index (χ0n) is 11.8. The number of rotatable bonds is 5. The summed E-state index contributed by atoms with van der Waals surface area (Å²) in [6.45, 7) is 5.57. The number of hydrogen-bond acceptors (Lipinski definition) is 3. The summed E-state index contributed by atoms with van der Waals surface area (Å²) in [5, 5.41) is 4.78. The number of ether oxygens (including phenoxy) is 1. The van der Waals surface area contributed by atoms with E-state index >= 15 is 0 Å². The Morgan fingerprint density at radius 3 is 2.50 bits per heavy atom. The van der Waals surface area contributed by atoms with E-state index in [1.54, 1.807) is 6.07 Å². The van der Waals surface area contributed by atoms with E-state index in [1.807, 2.05) is 13.8 Å². The van der Waals surface area contributed by atoms with Crippen molar-refractivity contribution in [3.63, 3.8) is 0 Å². The molecular formula is C14H19FN2O3. The van der Waals surface area contributed by atoms with Gasteiger partial charge in [-0.15, -0.1) is 0 Å². The number of halogens is 1. The van der Waals surface area contributed by atoms with Gasteiger partial charge in [0, 0.05) is 0 Å². The van der Waals surface area contributed by atoms with Crippen molar-refractivity contribution in [2.24, 2.45) is 5.92 Å². The molecule has 0 aliphatic carbocycles. The van der Waals surface area contributed by atoms with Gasteiger partial charge < -0.3 is 15.4 Å². The number of nitrogens with one attached hydrogen (secondary N) is 2. The van der Waals surface area contributed by atoms with E-state index < -0.39 is 23.9 Å². The fourth-order valence-electron chi connectivity index (χ4n) is 1.33. The Morgan fingerprint density at radius 1 is 1.25 bits per heavy atom. The van der Waals surface area contributed by atoms with Gasteiger partial charge in [-0.2, -0.15) is 0 Å². The van der Waals surface area contributed by atoms with Gasteiger partial charge in [-0.1, -0.05) is 26.0 Å². The molecule has 0 unspecified atom stereocenters. The lowest BCUT2D eigenvalue weighted by atomic mass is 10.2. The van der Waals surface area contributed by atoms with Crippen LogP contribution in [-0.4, -0.2) is 24.6 Å². The minimum atomic E-state index is -0.825. The third-order valence-corrected chi connectivity index (χ3v) is 2.41. The summed E-state index contributed by atoms with van der Waals surface area (Å²) in [6, 6.07) is 4.99. The van der Waals surface area contributed by atoms with Crippen molar-refractivity contribution in [3.05, 3.63) is 30.1 Å². The first-order valence-corrected chi connectivity index (χ1v) is 6.39. The molecule has 1 aromatic rings. The largest absolute Gasteiger partial charge is 0.449 e. The average molecular weight is 282 g/mol. The molecule has 0 saturated heterocycles. The molecule has 2 amide bonds. The molecule has 0 aliphatic rings. The highest BCUT2D eigenvalue weighted by Gasteiger charge is 2.17. The SMILES string of the molecule is CC(C)COC(=O)N[C@@H](C)C(=O)Nc1ccccc1F. The minimum Gasteiger partial charge on any atom is -0.449 e. The summed E-state index contributed by atoms with van der Waals surface area (Å²) in [6.07, 6.45) is -0.671. The number of carbonyl (C=O) groups is 2.